The molecule has 0 saturated heterocycles. The number of nitrogens with zero attached hydrogens (tertiary/aromatic N) is 1. The molecule has 0 saturated carbocycles. The first kappa shape index (κ1) is 17.8. The highest BCUT2D eigenvalue weighted by Crippen LogP contribution is 2.27. The number of nitrogens with one attached hydrogen (secondary N) is 2. The van der Waals surface area contributed by atoms with Gasteiger partial charge < -0.3 is 19.9 Å². The predicted octanol–water partition coefficient (Wildman–Crippen LogP) is 1.28. The van der Waals surface area contributed by atoms with Crippen LogP contribution in [0.3, 0.4) is 0 Å². The second kappa shape index (κ2) is 8.35. The van der Waals surface area contributed by atoms with Crippen molar-refractivity contribution in [1.29, 1.82) is 0 Å². The minimum Gasteiger partial charge on any atom is -0.493 e. The van der Waals surface area contributed by atoms with Crippen LogP contribution in [0.4, 0.5) is 5.95 Å². The zero-order valence-corrected chi connectivity index (χ0v) is 14.2. The normalized spacial score (nSPS) is 10.5. The summed E-state index contributed by atoms with van der Waals surface area (Å²) < 4.78 is 10.5. The fourth-order valence-corrected chi connectivity index (χ4v) is 2.46. The predicted molar refractivity (Wildman–Crippen MR) is 92.1 cm³/mol. The molecule has 0 bridgehead atoms. The molecule has 0 radical (unpaired) electrons. The first-order chi connectivity index (χ1) is 11.6. The summed E-state index contributed by atoms with van der Waals surface area (Å²) in [5, 5.41) is 12.1. The Labute approximate surface area is 140 Å². The SMILES string of the molecule is COc1ccc(CCNc2nc(C)c(CCO)c(=O)[nH]2)cc1OC. The molecule has 2 rings (SSSR count). The summed E-state index contributed by atoms with van der Waals surface area (Å²) >= 11 is 0. The van der Waals surface area contributed by atoms with Gasteiger partial charge in [0.05, 0.1) is 19.9 Å². The summed E-state index contributed by atoms with van der Waals surface area (Å²) in [6.45, 7) is 2.30. The maximum absolute atomic E-state index is 12.0. The fraction of sp³-hybridized carbons (Fsp3) is 0.412. The Morgan fingerprint density at radius 1 is 1.21 bits per heavy atom. The topological polar surface area (TPSA) is 96.5 Å². The van der Waals surface area contributed by atoms with E-state index in [1.165, 1.54) is 0 Å². The molecule has 0 unspecified atom stereocenters. The molecule has 130 valence electrons. The van der Waals surface area contributed by atoms with E-state index in [4.69, 9.17) is 14.6 Å². The molecule has 2 aromatic rings. The van der Waals surface area contributed by atoms with E-state index in [-0.39, 0.29) is 12.2 Å². The van der Waals surface area contributed by atoms with E-state index in [0.29, 0.717) is 41.7 Å². The summed E-state index contributed by atoms with van der Waals surface area (Å²) in [6.07, 6.45) is 1.04. The van der Waals surface area contributed by atoms with E-state index in [2.05, 4.69) is 15.3 Å². The second-order valence-electron chi connectivity index (χ2n) is 5.32. The van der Waals surface area contributed by atoms with Gasteiger partial charge in [-0.05, 0) is 31.0 Å². The molecule has 3 N–H and O–H groups in total. The minimum atomic E-state index is -0.217. The average molecular weight is 333 g/mol. The summed E-state index contributed by atoms with van der Waals surface area (Å²) in [5.41, 5.74) is 2.01. The molecule has 24 heavy (non-hydrogen) atoms. The van der Waals surface area contributed by atoms with Gasteiger partial charge in [-0.2, -0.15) is 0 Å². The van der Waals surface area contributed by atoms with Crippen molar-refractivity contribution in [2.45, 2.75) is 19.8 Å². The van der Waals surface area contributed by atoms with Gasteiger partial charge in [-0.1, -0.05) is 6.07 Å². The Morgan fingerprint density at radius 2 is 1.96 bits per heavy atom. The zero-order valence-electron chi connectivity index (χ0n) is 14.2. The van der Waals surface area contributed by atoms with E-state index >= 15 is 0 Å². The molecular formula is C17H23N3O4. The van der Waals surface area contributed by atoms with Crippen LogP contribution >= 0.6 is 0 Å². The summed E-state index contributed by atoms with van der Waals surface area (Å²) in [6, 6.07) is 5.75. The van der Waals surface area contributed by atoms with Crippen molar-refractivity contribution in [2.75, 3.05) is 32.7 Å². The minimum absolute atomic E-state index is 0.0717. The van der Waals surface area contributed by atoms with Crippen molar-refractivity contribution in [1.82, 2.24) is 9.97 Å². The van der Waals surface area contributed by atoms with Gasteiger partial charge in [0.25, 0.3) is 5.56 Å². The number of benzene rings is 1. The summed E-state index contributed by atoms with van der Waals surface area (Å²) in [5.74, 6) is 1.81. The van der Waals surface area contributed by atoms with Crippen molar-refractivity contribution in [3.63, 3.8) is 0 Å². The number of aromatic nitrogens is 2. The lowest BCUT2D eigenvalue weighted by atomic mass is 10.1. The molecule has 1 aromatic heterocycles. The number of aromatic amines is 1. The molecule has 0 amide bonds. The van der Waals surface area contributed by atoms with Crippen molar-refractivity contribution >= 4 is 5.95 Å². The van der Waals surface area contributed by atoms with Crippen molar-refractivity contribution < 1.29 is 14.6 Å². The van der Waals surface area contributed by atoms with Crippen LogP contribution in [-0.2, 0) is 12.8 Å². The van der Waals surface area contributed by atoms with Crippen molar-refractivity contribution in [2.24, 2.45) is 0 Å². The first-order valence-corrected chi connectivity index (χ1v) is 7.74. The number of methoxy groups -OCH3 is 2. The molecule has 0 aliphatic rings. The van der Waals surface area contributed by atoms with Crippen LogP contribution in [0.5, 0.6) is 11.5 Å². The molecule has 0 atom stereocenters. The van der Waals surface area contributed by atoms with Crippen molar-refractivity contribution in [3.05, 3.63) is 45.4 Å². The third-order valence-corrected chi connectivity index (χ3v) is 3.74. The standard InChI is InChI=1S/C17H23N3O4/c1-11-13(7-9-21)16(22)20-17(19-11)18-8-6-12-4-5-14(23-2)15(10-12)24-3/h4-5,10,21H,6-9H2,1-3H3,(H2,18,19,20,22). The number of hydrogen-bond acceptors (Lipinski definition) is 6. The number of rotatable bonds is 8. The Hall–Kier alpha value is -2.54. The van der Waals surface area contributed by atoms with Gasteiger partial charge in [0.1, 0.15) is 0 Å². The molecular weight excluding hydrogens is 310 g/mol. The monoisotopic (exact) mass is 333 g/mol. The van der Waals surface area contributed by atoms with Crippen LogP contribution in [0.25, 0.3) is 0 Å². The average Bonchev–Trinajstić information content (AvgIpc) is 2.58. The highest BCUT2D eigenvalue weighted by Gasteiger charge is 2.08. The van der Waals surface area contributed by atoms with Gasteiger partial charge in [0.2, 0.25) is 5.95 Å². The number of hydrogen-bond donors (Lipinski definition) is 3. The quantitative estimate of drug-likeness (QED) is 0.673. The van der Waals surface area contributed by atoms with E-state index < -0.39 is 0 Å². The number of H-pyrrole nitrogens is 1. The van der Waals surface area contributed by atoms with Crippen LogP contribution in [0.15, 0.2) is 23.0 Å². The smallest absolute Gasteiger partial charge is 0.255 e. The molecule has 1 aromatic carbocycles. The van der Waals surface area contributed by atoms with Gasteiger partial charge in [-0.3, -0.25) is 9.78 Å². The van der Waals surface area contributed by atoms with Crippen LogP contribution < -0.4 is 20.3 Å². The van der Waals surface area contributed by atoms with E-state index in [1.807, 2.05) is 18.2 Å². The largest absolute Gasteiger partial charge is 0.493 e. The third-order valence-electron chi connectivity index (χ3n) is 3.74. The molecule has 7 heteroatoms. The Kier molecular flexibility index (Phi) is 6.20. The van der Waals surface area contributed by atoms with E-state index in [9.17, 15) is 4.79 Å². The molecule has 0 fully saturated rings. The van der Waals surface area contributed by atoms with Gasteiger partial charge in [0.15, 0.2) is 11.5 Å². The number of anilines is 1. The highest BCUT2D eigenvalue weighted by atomic mass is 16.5. The number of aliphatic hydroxyl groups excluding tert-OH is 1. The highest BCUT2D eigenvalue weighted by molar-refractivity contribution is 5.43. The molecule has 0 aliphatic carbocycles. The van der Waals surface area contributed by atoms with Gasteiger partial charge >= 0.3 is 0 Å². The van der Waals surface area contributed by atoms with Crippen molar-refractivity contribution in [3.8, 4) is 11.5 Å². The first-order valence-electron chi connectivity index (χ1n) is 7.74. The van der Waals surface area contributed by atoms with Crippen LogP contribution in [0.2, 0.25) is 0 Å². The number of aryl methyl sites for hydroxylation is 1. The second-order valence-corrected chi connectivity index (χ2v) is 5.32. The Bertz CT molecular complexity index is 743. The van der Waals surface area contributed by atoms with E-state index in [0.717, 1.165) is 12.0 Å². The van der Waals surface area contributed by atoms with Crippen LogP contribution in [0, 0.1) is 6.92 Å². The Balaban J connectivity index is 2.01. The van der Waals surface area contributed by atoms with Gasteiger partial charge in [-0.25, -0.2) is 4.98 Å². The van der Waals surface area contributed by atoms with Gasteiger partial charge in [0, 0.05) is 25.1 Å². The lowest BCUT2D eigenvalue weighted by molar-refractivity contribution is 0.298. The molecule has 0 spiro atoms. The van der Waals surface area contributed by atoms with E-state index in [1.54, 1.807) is 21.1 Å². The third kappa shape index (κ3) is 4.26. The number of ether oxygens (including phenoxy) is 2. The fourth-order valence-electron chi connectivity index (χ4n) is 2.46. The van der Waals surface area contributed by atoms with Crippen LogP contribution in [-0.4, -0.2) is 42.4 Å². The maximum atomic E-state index is 12.0. The molecule has 7 nitrogen and oxygen atoms in total. The lowest BCUT2D eigenvalue weighted by Gasteiger charge is -2.11. The Morgan fingerprint density at radius 3 is 2.58 bits per heavy atom. The zero-order chi connectivity index (χ0) is 17.5. The maximum Gasteiger partial charge on any atom is 0.255 e. The molecule has 1 heterocycles. The summed E-state index contributed by atoms with van der Waals surface area (Å²) in [4.78, 5) is 19.0. The molecule has 0 aliphatic heterocycles. The number of aliphatic hydroxyl groups is 1. The lowest BCUT2D eigenvalue weighted by Crippen LogP contribution is -2.21. The van der Waals surface area contributed by atoms with Gasteiger partial charge in [-0.15, -0.1) is 0 Å². The summed E-state index contributed by atoms with van der Waals surface area (Å²) in [7, 11) is 3.20. The van der Waals surface area contributed by atoms with Crippen LogP contribution in [0.1, 0.15) is 16.8 Å².